The van der Waals surface area contributed by atoms with Gasteiger partial charge in [-0.2, -0.15) is 0 Å². The zero-order valence-electron chi connectivity index (χ0n) is 6.11. The van der Waals surface area contributed by atoms with Crippen molar-refractivity contribution < 1.29 is 19.4 Å². The third-order valence-electron chi connectivity index (χ3n) is 1.49. The van der Waals surface area contributed by atoms with Crippen LogP contribution in [0.3, 0.4) is 0 Å². The number of rotatable bonds is 2. The van der Waals surface area contributed by atoms with Gasteiger partial charge in [-0.05, 0) is 0 Å². The van der Waals surface area contributed by atoms with Gasteiger partial charge in [-0.15, -0.1) is 0 Å². The van der Waals surface area contributed by atoms with E-state index in [0.717, 1.165) is 11.4 Å². The van der Waals surface area contributed by atoms with Gasteiger partial charge in [-0.1, -0.05) is 0 Å². The molecule has 2 aromatic rings. The number of aromatic nitrogens is 4. The zero-order valence-corrected chi connectivity index (χ0v) is 9.05. The van der Waals surface area contributed by atoms with E-state index >= 15 is 0 Å². The molecule has 12 heavy (non-hydrogen) atoms. The van der Waals surface area contributed by atoms with Crippen molar-refractivity contribution in [3.8, 4) is 0 Å². The second-order valence-electron chi connectivity index (χ2n) is 2.26. The van der Waals surface area contributed by atoms with Crippen LogP contribution in [0.2, 0.25) is 0 Å². The van der Waals surface area contributed by atoms with Crippen molar-refractivity contribution in [2.75, 3.05) is 0 Å². The summed E-state index contributed by atoms with van der Waals surface area (Å²) >= 11 is 1.39. The van der Waals surface area contributed by atoms with Crippen molar-refractivity contribution >= 4 is 3.90 Å². The van der Waals surface area contributed by atoms with Gasteiger partial charge in [0, 0.05) is 0 Å². The summed E-state index contributed by atoms with van der Waals surface area (Å²) in [6.45, 7) is 0. The number of hydrogen-bond donors (Lipinski definition) is 2. The van der Waals surface area contributed by atoms with Gasteiger partial charge in [0.1, 0.15) is 0 Å². The minimum atomic E-state index is 1.05. The fraction of sp³-hybridized carbons (Fsp3) is 0. The van der Waals surface area contributed by atoms with Crippen LogP contribution in [0.15, 0.2) is 25.0 Å². The first-order chi connectivity index (χ1) is 5.88. The molecule has 2 aromatic heterocycles. The Bertz CT molecular complexity index is 326. The Balaban J connectivity index is 2.34. The average molecular weight is 330 g/mol. The maximum absolute atomic E-state index is 3.96. The second-order valence-corrected chi connectivity index (χ2v) is 3.73. The third-order valence-corrected chi connectivity index (χ3v) is 3.07. The van der Waals surface area contributed by atoms with Crippen molar-refractivity contribution in [3.05, 3.63) is 36.4 Å². The molecule has 0 aliphatic carbocycles. The van der Waals surface area contributed by atoms with Crippen LogP contribution in [-0.4, -0.2) is 23.8 Å². The molecule has 0 aliphatic rings. The molecule has 0 amide bonds. The van der Waals surface area contributed by atoms with Gasteiger partial charge in [-0.3, -0.25) is 0 Å². The molecule has 5 heteroatoms. The molecule has 0 spiro atoms. The Morgan fingerprint density at radius 3 is 1.92 bits per heavy atom. The van der Waals surface area contributed by atoms with E-state index in [-0.39, 0.29) is 0 Å². The first-order valence-corrected chi connectivity index (χ1v) is 4.86. The molecule has 2 rings (SSSR count). The number of H-pyrrole nitrogens is 2. The van der Waals surface area contributed by atoms with E-state index in [1.807, 2.05) is 12.4 Å². The first kappa shape index (κ1) is 7.62. The number of hydrogen-bond acceptors (Lipinski definition) is 2. The number of imidazole rings is 2. The predicted molar refractivity (Wildman–Crippen MR) is 40.4 cm³/mol. The summed E-state index contributed by atoms with van der Waals surface area (Å²) in [5.74, 6) is 0. The summed E-state index contributed by atoms with van der Waals surface area (Å²) in [6, 6.07) is 0. The molecule has 0 bridgehead atoms. The Morgan fingerprint density at radius 1 is 1.08 bits per heavy atom. The molecular formula is C7H6N4W. The molecule has 0 radical (unpaired) electrons. The molecular weight excluding hydrogens is 324 g/mol. The Kier molecular flexibility index (Phi) is 2.00. The molecule has 0 fully saturated rings. The van der Waals surface area contributed by atoms with Crippen molar-refractivity contribution in [2.45, 2.75) is 0 Å². The van der Waals surface area contributed by atoms with E-state index in [1.54, 1.807) is 12.7 Å². The zero-order chi connectivity index (χ0) is 8.39. The van der Waals surface area contributed by atoms with Crippen LogP contribution in [0.4, 0.5) is 0 Å². The molecule has 2 N–H and O–H groups in total. The first-order valence-electron chi connectivity index (χ1n) is 3.39. The summed E-state index contributed by atoms with van der Waals surface area (Å²) in [4.78, 5) is 14.0. The van der Waals surface area contributed by atoms with E-state index in [0.29, 0.717) is 0 Å². The van der Waals surface area contributed by atoms with Gasteiger partial charge in [0.2, 0.25) is 0 Å². The van der Waals surface area contributed by atoms with Crippen molar-refractivity contribution in [1.82, 2.24) is 19.9 Å². The normalized spacial score (nSPS) is 10.0. The number of aromatic amines is 2. The second kappa shape index (κ2) is 3.15. The van der Waals surface area contributed by atoms with Crippen LogP contribution in [0, 0.1) is 0 Å². The molecule has 0 aromatic carbocycles. The molecule has 0 atom stereocenters. The van der Waals surface area contributed by atoms with Gasteiger partial charge in [0.15, 0.2) is 0 Å². The van der Waals surface area contributed by atoms with Crippen LogP contribution in [0.25, 0.3) is 0 Å². The van der Waals surface area contributed by atoms with E-state index < -0.39 is 0 Å². The quantitative estimate of drug-likeness (QED) is 0.829. The van der Waals surface area contributed by atoms with E-state index in [2.05, 4.69) is 19.9 Å². The average Bonchev–Trinajstić information content (AvgIpc) is 2.77. The third kappa shape index (κ3) is 1.30. The summed E-state index contributed by atoms with van der Waals surface area (Å²) in [7, 11) is 0. The van der Waals surface area contributed by atoms with Crippen LogP contribution >= 0.6 is 0 Å². The standard InChI is InChI=1S/C7H6N4.W/c1(6-2-8-4-10-6)7-3-9-5-11-7;/h2-5H,(H,8,10)(H,9,11);. The van der Waals surface area contributed by atoms with Gasteiger partial charge in [-0.25, -0.2) is 0 Å². The molecule has 60 valence electrons. The summed E-state index contributed by atoms with van der Waals surface area (Å²) < 4.78 is 1.20. The Labute approximate surface area is 79.9 Å². The number of nitrogens with zero attached hydrogens (tertiary/aromatic N) is 2. The van der Waals surface area contributed by atoms with Crippen LogP contribution < -0.4 is 0 Å². The fourth-order valence-electron chi connectivity index (χ4n) is 0.905. The topological polar surface area (TPSA) is 57.4 Å². The maximum atomic E-state index is 3.96. The van der Waals surface area contributed by atoms with Crippen molar-refractivity contribution in [3.63, 3.8) is 0 Å². The Hall–Kier alpha value is -1.02. The van der Waals surface area contributed by atoms with E-state index in [1.165, 1.54) is 23.3 Å². The SMILES string of the molecule is [W]=[C](c1cnc[nH]1)c1cnc[nH]1. The van der Waals surface area contributed by atoms with Gasteiger partial charge >= 0.3 is 79.6 Å². The minimum absolute atomic E-state index is 1.05. The Morgan fingerprint density at radius 2 is 1.58 bits per heavy atom. The van der Waals surface area contributed by atoms with Crippen molar-refractivity contribution in [1.29, 1.82) is 0 Å². The van der Waals surface area contributed by atoms with Gasteiger partial charge in [0.05, 0.1) is 0 Å². The van der Waals surface area contributed by atoms with E-state index in [4.69, 9.17) is 0 Å². The van der Waals surface area contributed by atoms with Crippen molar-refractivity contribution in [2.24, 2.45) is 0 Å². The fourth-order valence-corrected chi connectivity index (χ4v) is 1.71. The van der Waals surface area contributed by atoms with Crippen LogP contribution in [-0.2, 0) is 19.4 Å². The summed E-state index contributed by atoms with van der Waals surface area (Å²) in [6.07, 6.45) is 6.97. The molecule has 2 heterocycles. The molecule has 0 saturated heterocycles. The molecule has 0 saturated carbocycles. The van der Waals surface area contributed by atoms with Crippen LogP contribution in [0.1, 0.15) is 11.4 Å². The monoisotopic (exact) mass is 330 g/mol. The van der Waals surface area contributed by atoms with Gasteiger partial charge in [0.25, 0.3) is 0 Å². The summed E-state index contributed by atoms with van der Waals surface area (Å²) in [5, 5.41) is 0. The molecule has 4 nitrogen and oxygen atoms in total. The summed E-state index contributed by atoms with van der Waals surface area (Å²) in [5.41, 5.74) is 2.10. The van der Waals surface area contributed by atoms with E-state index in [9.17, 15) is 0 Å². The predicted octanol–water partition coefficient (Wildman–Crippen LogP) is 0.248. The molecule has 0 unspecified atom stereocenters. The van der Waals surface area contributed by atoms with Crippen LogP contribution in [0.5, 0.6) is 0 Å². The van der Waals surface area contributed by atoms with Gasteiger partial charge < -0.3 is 0 Å². The molecule has 0 aliphatic heterocycles. The number of nitrogens with one attached hydrogen (secondary N) is 2.